The van der Waals surface area contributed by atoms with Crippen LogP contribution in [0.15, 0.2) is 0 Å². The summed E-state index contributed by atoms with van der Waals surface area (Å²) in [4.78, 5) is 5.68. The van der Waals surface area contributed by atoms with Crippen LogP contribution in [-0.4, -0.2) is 25.3 Å². The summed E-state index contributed by atoms with van der Waals surface area (Å²) in [5.74, 6) is 1.87. The van der Waals surface area contributed by atoms with E-state index < -0.39 is 0 Å². The van der Waals surface area contributed by atoms with Crippen LogP contribution in [0.5, 0.6) is 0 Å². The standard InChI is InChI=1S/C9H17NO/c1-10(2)11-9-6-7-3-4-8(9)5-7/h7-9H,3-6H2,1-2H3/t7-,8+,9-/m0/s1. The fraction of sp³-hybridized carbons (Fsp3) is 1.00. The largest absolute Gasteiger partial charge is 0.296 e. The second kappa shape index (κ2) is 2.76. The molecule has 3 atom stereocenters. The molecule has 2 saturated carbocycles. The van der Waals surface area contributed by atoms with Gasteiger partial charge >= 0.3 is 0 Å². The summed E-state index contributed by atoms with van der Waals surface area (Å²) >= 11 is 0. The number of rotatable bonds is 2. The third-order valence-corrected chi connectivity index (χ3v) is 3.02. The van der Waals surface area contributed by atoms with Crippen molar-refractivity contribution >= 4 is 0 Å². The van der Waals surface area contributed by atoms with Gasteiger partial charge < -0.3 is 0 Å². The maximum absolute atomic E-state index is 5.68. The Labute approximate surface area is 68.5 Å². The highest BCUT2D eigenvalue weighted by atomic mass is 16.7. The van der Waals surface area contributed by atoms with E-state index in [0.29, 0.717) is 6.10 Å². The zero-order valence-electron chi connectivity index (χ0n) is 7.42. The van der Waals surface area contributed by atoms with Gasteiger partial charge in [0.25, 0.3) is 0 Å². The van der Waals surface area contributed by atoms with Crippen molar-refractivity contribution in [3.63, 3.8) is 0 Å². The Bertz CT molecular complexity index is 146. The summed E-state index contributed by atoms with van der Waals surface area (Å²) in [7, 11) is 3.96. The summed E-state index contributed by atoms with van der Waals surface area (Å²) < 4.78 is 0. The fourth-order valence-corrected chi connectivity index (χ4v) is 2.59. The molecule has 0 amide bonds. The van der Waals surface area contributed by atoms with Crippen LogP contribution in [0.25, 0.3) is 0 Å². The lowest BCUT2D eigenvalue weighted by atomic mass is 9.98. The molecule has 2 bridgehead atoms. The van der Waals surface area contributed by atoms with Crippen molar-refractivity contribution in [2.75, 3.05) is 14.1 Å². The zero-order chi connectivity index (χ0) is 7.84. The van der Waals surface area contributed by atoms with E-state index in [1.807, 2.05) is 19.2 Å². The minimum atomic E-state index is 0.545. The molecule has 2 aliphatic rings. The van der Waals surface area contributed by atoms with E-state index in [1.54, 1.807) is 0 Å². The molecular formula is C9H17NO. The average Bonchev–Trinajstić information content (AvgIpc) is 2.45. The zero-order valence-corrected chi connectivity index (χ0v) is 7.42. The van der Waals surface area contributed by atoms with Crippen LogP contribution in [-0.2, 0) is 4.84 Å². The van der Waals surface area contributed by atoms with Crippen LogP contribution < -0.4 is 0 Å². The summed E-state index contributed by atoms with van der Waals surface area (Å²) in [5.41, 5.74) is 0. The van der Waals surface area contributed by atoms with E-state index in [1.165, 1.54) is 25.7 Å². The van der Waals surface area contributed by atoms with E-state index >= 15 is 0 Å². The smallest absolute Gasteiger partial charge is 0.0823 e. The van der Waals surface area contributed by atoms with Gasteiger partial charge in [0.05, 0.1) is 6.10 Å². The molecule has 2 fully saturated rings. The first-order chi connectivity index (χ1) is 5.25. The average molecular weight is 155 g/mol. The molecule has 2 aliphatic carbocycles. The molecule has 0 aliphatic heterocycles. The molecule has 0 N–H and O–H groups in total. The molecule has 2 heteroatoms. The molecule has 0 radical (unpaired) electrons. The SMILES string of the molecule is CN(C)O[C@H]1C[C@H]2CC[C@@H]1C2. The van der Waals surface area contributed by atoms with E-state index in [2.05, 4.69) is 0 Å². The molecule has 11 heavy (non-hydrogen) atoms. The summed E-state index contributed by atoms with van der Waals surface area (Å²) in [5, 5.41) is 1.85. The summed E-state index contributed by atoms with van der Waals surface area (Å²) in [6.07, 6.45) is 6.14. The monoisotopic (exact) mass is 155 g/mol. The first-order valence-electron chi connectivity index (χ1n) is 4.60. The molecule has 0 aromatic carbocycles. The first kappa shape index (κ1) is 7.56. The molecule has 2 rings (SSSR count). The van der Waals surface area contributed by atoms with Crippen molar-refractivity contribution in [1.29, 1.82) is 0 Å². The Morgan fingerprint density at radius 2 is 2.00 bits per heavy atom. The number of hydrogen-bond donors (Lipinski definition) is 0. The maximum atomic E-state index is 5.68. The van der Waals surface area contributed by atoms with Gasteiger partial charge in [-0.15, -0.1) is 0 Å². The summed E-state index contributed by atoms with van der Waals surface area (Å²) in [6.45, 7) is 0. The van der Waals surface area contributed by atoms with E-state index in [9.17, 15) is 0 Å². The quantitative estimate of drug-likeness (QED) is 0.562. The van der Waals surface area contributed by atoms with Crippen molar-refractivity contribution in [2.45, 2.75) is 31.8 Å². The molecular weight excluding hydrogens is 138 g/mol. The molecule has 0 saturated heterocycles. The van der Waals surface area contributed by atoms with E-state index in [4.69, 9.17) is 4.84 Å². The fourth-order valence-electron chi connectivity index (χ4n) is 2.59. The van der Waals surface area contributed by atoms with Gasteiger partial charge in [-0.3, -0.25) is 4.84 Å². The Morgan fingerprint density at radius 3 is 2.45 bits per heavy atom. The Hall–Kier alpha value is -0.0800. The Morgan fingerprint density at radius 1 is 1.18 bits per heavy atom. The Kier molecular flexibility index (Phi) is 1.90. The highest BCUT2D eigenvalue weighted by Gasteiger charge is 2.40. The minimum absolute atomic E-state index is 0.545. The molecule has 64 valence electrons. The highest BCUT2D eigenvalue weighted by Crippen LogP contribution is 2.45. The van der Waals surface area contributed by atoms with Crippen molar-refractivity contribution in [3.8, 4) is 0 Å². The van der Waals surface area contributed by atoms with Crippen molar-refractivity contribution in [3.05, 3.63) is 0 Å². The molecule has 0 unspecified atom stereocenters. The first-order valence-corrected chi connectivity index (χ1v) is 4.60. The number of fused-ring (bicyclic) bond motifs is 2. The van der Waals surface area contributed by atoms with Gasteiger partial charge in [0, 0.05) is 14.1 Å². The van der Waals surface area contributed by atoms with Gasteiger partial charge in [-0.05, 0) is 37.5 Å². The minimum Gasteiger partial charge on any atom is -0.296 e. The lowest BCUT2D eigenvalue weighted by molar-refractivity contribution is -0.178. The van der Waals surface area contributed by atoms with Gasteiger partial charge in [-0.1, -0.05) is 0 Å². The predicted molar refractivity (Wildman–Crippen MR) is 44.0 cm³/mol. The van der Waals surface area contributed by atoms with Crippen LogP contribution in [0, 0.1) is 11.8 Å². The van der Waals surface area contributed by atoms with Gasteiger partial charge in [-0.2, -0.15) is 5.06 Å². The molecule has 2 nitrogen and oxygen atoms in total. The van der Waals surface area contributed by atoms with Crippen molar-refractivity contribution < 1.29 is 4.84 Å². The molecule has 0 aromatic rings. The van der Waals surface area contributed by atoms with Gasteiger partial charge in [0.15, 0.2) is 0 Å². The van der Waals surface area contributed by atoms with Crippen LogP contribution in [0.2, 0.25) is 0 Å². The third kappa shape index (κ3) is 1.42. The maximum Gasteiger partial charge on any atom is 0.0823 e. The topological polar surface area (TPSA) is 12.5 Å². The number of nitrogens with zero attached hydrogens (tertiary/aromatic N) is 1. The van der Waals surface area contributed by atoms with Crippen molar-refractivity contribution in [2.24, 2.45) is 11.8 Å². The Balaban J connectivity index is 1.87. The second-order valence-electron chi connectivity index (χ2n) is 4.13. The second-order valence-corrected chi connectivity index (χ2v) is 4.13. The predicted octanol–water partition coefficient (Wildman–Crippen LogP) is 1.67. The highest BCUT2D eigenvalue weighted by molar-refractivity contribution is 4.90. The van der Waals surface area contributed by atoms with Crippen LogP contribution in [0.4, 0.5) is 0 Å². The summed E-state index contributed by atoms with van der Waals surface area (Å²) in [6, 6.07) is 0. The normalized spacial score (nSPS) is 42.3. The lowest BCUT2D eigenvalue weighted by Gasteiger charge is -2.24. The van der Waals surface area contributed by atoms with Crippen LogP contribution >= 0.6 is 0 Å². The van der Waals surface area contributed by atoms with Crippen molar-refractivity contribution in [1.82, 2.24) is 5.06 Å². The number of hydroxylamine groups is 2. The van der Waals surface area contributed by atoms with Crippen LogP contribution in [0.3, 0.4) is 0 Å². The molecule has 0 spiro atoms. The lowest BCUT2D eigenvalue weighted by Crippen LogP contribution is -2.27. The molecule has 0 aromatic heterocycles. The van der Waals surface area contributed by atoms with E-state index in [-0.39, 0.29) is 0 Å². The van der Waals surface area contributed by atoms with Crippen LogP contribution in [0.1, 0.15) is 25.7 Å². The van der Waals surface area contributed by atoms with Gasteiger partial charge in [0.2, 0.25) is 0 Å². The van der Waals surface area contributed by atoms with Gasteiger partial charge in [-0.25, -0.2) is 0 Å². The number of hydrogen-bond acceptors (Lipinski definition) is 2. The van der Waals surface area contributed by atoms with E-state index in [0.717, 1.165) is 11.8 Å². The van der Waals surface area contributed by atoms with Gasteiger partial charge in [0.1, 0.15) is 0 Å². The third-order valence-electron chi connectivity index (χ3n) is 3.02. The molecule has 0 heterocycles.